The molecular formula is C12H20N2. The first-order chi connectivity index (χ1) is 6.63. The lowest BCUT2D eigenvalue weighted by Crippen LogP contribution is -2.34. The van der Waals surface area contributed by atoms with E-state index < -0.39 is 0 Å². The number of nitrogens with one attached hydrogen (secondary N) is 1. The molecule has 1 rings (SSSR count). The van der Waals surface area contributed by atoms with Gasteiger partial charge in [-0.15, -0.1) is 0 Å². The van der Waals surface area contributed by atoms with Crippen molar-refractivity contribution in [3.05, 3.63) is 35.4 Å². The van der Waals surface area contributed by atoms with Crippen LogP contribution in [-0.2, 0) is 0 Å². The molecule has 0 aliphatic heterocycles. The second kappa shape index (κ2) is 5.13. The molecule has 0 amide bonds. The number of nitrogens with two attached hydrogens (primary N) is 1. The second-order valence-corrected chi connectivity index (χ2v) is 3.94. The number of hydrogen-bond acceptors (Lipinski definition) is 2. The Balaban J connectivity index is 2.60. The van der Waals surface area contributed by atoms with E-state index in [9.17, 15) is 0 Å². The Morgan fingerprint density at radius 3 is 2.29 bits per heavy atom. The van der Waals surface area contributed by atoms with Gasteiger partial charge in [-0.05, 0) is 26.3 Å². The van der Waals surface area contributed by atoms with Crippen LogP contribution >= 0.6 is 0 Å². The summed E-state index contributed by atoms with van der Waals surface area (Å²) in [6, 6.07) is 9.34. The van der Waals surface area contributed by atoms with E-state index in [1.54, 1.807) is 0 Å². The fourth-order valence-corrected chi connectivity index (χ4v) is 1.45. The van der Waals surface area contributed by atoms with Crippen LogP contribution < -0.4 is 11.1 Å². The molecule has 0 aliphatic rings. The second-order valence-electron chi connectivity index (χ2n) is 3.94. The smallest absolute Gasteiger partial charge is 0.0294 e. The highest BCUT2D eigenvalue weighted by Crippen LogP contribution is 2.13. The third-order valence-corrected chi connectivity index (χ3v) is 2.47. The van der Waals surface area contributed by atoms with Gasteiger partial charge in [0.15, 0.2) is 0 Å². The lowest BCUT2D eigenvalue weighted by atomic mass is 10.1. The van der Waals surface area contributed by atoms with E-state index in [1.807, 2.05) is 0 Å². The molecule has 1 aromatic carbocycles. The van der Waals surface area contributed by atoms with Crippen molar-refractivity contribution in [3.8, 4) is 0 Å². The highest BCUT2D eigenvalue weighted by atomic mass is 15.0. The summed E-state index contributed by atoms with van der Waals surface area (Å²) < 4.78 is 0. The van der Waals surface area contributed by atoms with Crippen LogP contribution in [0.5, 0.6) is 0 Å². The van der Waals surface area contributed by atoms with Gasteiger partial charge in [0.25, 0.3) is 0 Å². The van der Waals surface area contributed by atoms with Crippen LogP contribution in [0.4, 0.5) is 0 Å². The van der Waals surface area contributed by atoms with Gasteiger partial charge in [0.2, 0.25) is 0 Å². The van der Waals surface area contributed by atoms with Crippen molar-refractivity contribution < 1.29 is 0 Å². The van der Waals surface area contributed by atoms with E-state index in [1.165, 1.54) is 11.1 Å². The van der Waals surface area contributed by atoms with E-state index in [4.69, 9.17) is 5.73 Å². The van der Waals surface area contributed by atoms with Crippen molar-refractivity contribution in [2.45, 2.75) is 32.9 Å². The predicted octanol–water partition coefficient (Wildman–Crippen LogP) is 1.99. The maximum absolute atomic E-state index is 5.56. The number of hydrogen-bond donors (Lipinski definition) is 2. The van der Waals surface area contributed by atoms with Gasteiger partial charge in [-0.2, -0.15) is 0 Å². The zero-order valence-corrected chi connectivity index (χ0v) is 9.25. The monoisotopic (exact) mass is 192 g/mol. The molecule has 2 nitrogen and oxygen atoms in total. The standard InChI is InChI=1S/C12H20N2/c1-9-4-6-12(7-5-9)11(3)14-10(2)8-13/h4-7,10-11,14H,8,13H2,1-3H3. The topological polar surface area (TPSA) is 38.0 Å². The van der Waals surface area contributed by atoms with Gasteiger partial charge >= 0.3 is 0 Å². The van der Waals surface area contributed by atoms with Gasteiger partial charge in [-0.3, -0.25) is 0 Å². The summed E-state index contributed by atoms with van der Waals surface area (Å²) >= 11 is 0. The normalized spacial score (nSPS) is 15.1. The van der Waals surface area contributed by atoms with E-state index in [2.05, 4.69) is 50.4 Å². The molecule has 0 saturated carbocycles. The Labute approximate surface area is 86.5 Å². The van der Waals surface area contributed by atoms with Crippen molar-refractivity contribution in [2.75, 3.05) is 6.54 Å². The van der Waals surface area contributed by atoms with Crippen LogP contribution in [0.2, 0.25) is 0 Å². The molecule has 0 aliphatic carbocycles. The SMILES string of the molecule is Cc1ccc(C(C)NC(C)CN)cc1. The average Bonchev–Trinajstić information content (AvgIpc) is 2.18. The quantitative estimate of drug-likeness (QED) is 0.765. The maximum atomic E-state index is 5.56. The molecule has 0 bridgehead atoms. The van der Waals surface area contributed by atoms with E-state index >= 15 is 0 Å². The molecule has 0 saturated heterocycles. The average molecular weight is 192 g/mol. The Hall–Kier alpha value is -0.860. The molecule has 78 valence electrons. The minimum atomic E-state index is 0.367. The third kappa shape index (κ3) is 3.13. The van der Waals surface area contributed by atoms with Gasteiger partial charge < -0.3 is 11.1 Å². The van der Waals surface area contributed by atoms with Crippen molar-refractivity contribution in [1.29, 1.82) is 0 Å². The zero-order chi connectivity index (χ0) is 10.6. The molecular weight excluding hydrogens is 172 g/mol. The van der Waals surface area contributed by atoms with Gasteiger partial charge in [0, 0.05) is 18.6 Å². The summed E-state index contributed by atoms with van der Waals surface area (Å²) in [6.45, 7) is 7.04. The Kier molecular flexibility index (Phi) is 4.11. The van der Waals surface area contributed by atoms with E-state index in [0.29, 0.717) is 18.6 Å². The zero-order valence-electron chi connectivity index (χ0n) is 9.25. The Bertz CT molecular complexity index is 266. The largest absolute Gasteiger partial charge is 0.329 e. The van der Waals surface area contributed by atoms with E-state index in [-0.39, 0.29) is 0 Å². The third-order valence-electron chi connectivity index (χ3n) is 2.47. The van der Waals surface area contributed by atoms with Crippen LogP contribution in [0.1, 0.15) is 31.0 Å². The van der Waals surface area contributed by atoms with Crippen molar-refractivity contribution >= 4 is 0 Å². The summed E-state index contributed by atoms with van der Waals surface area (Å²) in [6.07, 6.45) is 0. The van der Waals surface area contributed by atoms with Crippen LogP contribution in [0, 0.1) is 6.92 Å². The highest BCUT2D eigenvalue weighted by molar-refractivity contribution is 5.23. The molecule has 3 N–H and O–H groups in total. The molecule has 14 heavy (non-hydrogen) atoms. The summed E-state index contributed by atoms with van der Waals surface area (Å²) in [4.78, 5) is 0. The first kappa shape index (κ1) is 11.2. The molecule has 0 heterocycles. The molecule has 2 heteroatoms. The van der Waals surface area contributed by atoms with Gasteiger partial charge in [-0.25, -0.2) is 0 Å². The van der Waals surface area contributed by atoms with Crippen LogP contribution in [0.3, 0.4) is 0 Å². The van der Waals surface area contributed by atoms with Gasteiger partial charge in [0.05, 0.1) is 0 Å². The number of benzene rings is 1. The fourth-order valence-electron chi connectivity index (χ4n) is 1.45. The lowest BCUT2D eigenvalue weighted by Gasteiger charge is -2.19. The number of rotatable bonds is 4. The van der Waals surface area contributed by atoms with Gasteiger partial charge in [-0.1, -0.05) is 29.8 Å². The summed E-state index contributed by atoms with van der Waals surface area (Å²) in [5, 5.41) is 3.44. The van der Waals surface area contributed by atoms with Crippen LogP contribution in [0.15, 0.2) is 24.3 Å². The molecule has 2 unspecified atom stereocenters. The van der Waals surface area contributed by atoms with Crippen molar-refractivity contribution in [1.82, 2.24) is 5.32 Å². The molecule has 2 atom stereocenters. The van der Waals surface area contributed by atoms with Crippen molar-refractivity contribution in [3.63, 3.8) is 0 Å². The summed E-state index contributed by atoms with van der Waals surface area (Å²) in [7, 11) is 0. The van der Waals surface area contributed by atoms with Crippen molar-refractivity contribution in [2.24, 2.45) is 5.73 Å². The molecule has 0 fully saturated rings. The first-order valence-corrected chi connectivity index (χ1v) is 5.16. The van der Waals surface area contributed by atoms with E-state index in [0.717, 1.165) is 0 Å². The minimum Gasteiger partial charge on any atom is -0.329 e. The molecule has 0 spiro atoms. The predicted molar refractivity (Wildman–Crippen MR) is 61.2 cm³/mol. The Morgan fingerprint density at radius 2 is 1.79 bits per heavy atom. The highest BCUT2D eigenvalue weighted by Gasteiger charge is 2.07. The molecule has 0 aromatic heterocycles. The number of aryl methyl sites for hydroxylation is 1. The van der Waals surface area contributed by atoms with Gasteiger partial charge in [0.1, 0.15) is 0 Å². The fraction of sp³-hybridized carbons (Fsp3) is 0.500. The first-order valence-electron chi connectivity index (χ1n) is 5.16. The van der Waals surface area contributed by atoms with Crippen LogP contribution in [0.25, 0.3) is 0 Å². The summed E-state index contributed by atoms with van der Waals surface area (Å²) in [5.41, 5.74) is 8.17. The maximum Gasteiger partial charge on any atom is 0.0294 e. The lowest BCUT2D eigenvalue weighted by molar-refractivity contribution is 0.485. The summed E-state index contributed by atoms with van der Waals surface area (Å²) in [5.74, 6) is 0. The molecule has 0 radical (unpaired) electrons. The minimum absolute atomic E-state index is 0.367. The Morgan fingerprint density at radius 1 is 1.21 bits per heavy atom. The molecule has 1 aromatic rings. The van der Waals surface area contributed by atoms with Crippen LogP contribution in [-0.4, -0.2) is 12.6 Å².